The number of hydrogen-bond donors (Lipinski definition) is 0. The second-order valence-corrected chi connectivity index (χ2v) is 3.22. The maximum Gasteiger partial charge on any atom is 0.160 e. The van der Waals surface area contributed by atoms with Crippen LogP contribution in [0.3, 0.4) is 0 Å². The molecule has 0 spiro atoms. The summed E-state index contributed by atoms with van der Waals surface area (Å²) < 4.78 is 7.41. The molecule has 0 saturated heterocycles. The van der Waals surface area contributed by atoms with Gasteiger partial charge in [-0.3, -0.25) is 4.68 Å². The van der Waals surface area contributed by atoms with Gasteiger partial charge in [-0.05, 0) is 19.8 Å². The molecule has 0 N–H and O–H groups in total. The third-order valence-electron chi connectivity index (χ3n) is 2.21. The van der Waals surface area contributed by atoms with Gasteiger partial charge in [0, 0.05) is 13.0 Å². The Morgan fingerprint density at radius 3 is 3.00 bits per heavy atom. The molecule has 0 aromatic carbocycles. The smallest absolute Gasteiger partial charge is 0.160 e. The van der Waals surface area contributed by atoms with Crippen LogP contribution in [0.15, 0.2) is 6.20 Å². The molecule has 12 heavy (non-hydrogen) atoms. The molecule has 0 amide bonds. The van der Waals surface area contributed by atoms with Crippen molar-refractivity contribution >= 4 is 0 Å². The molecule has 66 valence electrons. The number of aryl methyl sites for hydroxylation is 1. The Balaban J connectivity index is 2.27. The second-order valence-electron chi connectivity index (χ2n) is 3.22. The van der Waals surface area contributed by atoms with E-state index < -0.39 is 0 Å². The molecule has 0 unspecified atom stereocenters. The molecule has 0 aliphatic heterocycles. The fourth-order valence-corrected chi connectivity index (χ4v) is 1.52. The zero-order valence-corrected chi connectivity index (χ0v) is 7.58. The number of nitrogens with zero attached hydrogens (tertiary/aromatic N) is 2. The van der Waals surface area contributed by atoms with E-state index in [1.807, 2.05) is 24.9 Å². The molecule has 2 rings (SSSR count). The predicted molar refractivity (Wildman–Crippen MR) is 46.4 cm³/mol. The van der Waals surface area contributed by atoms with Crippen molar-refractivity contribution in [3.63, 3.8) is 0 Å². The van der Waals surface area contributed by atoms with E-state index in [-0.39, 0.29) is 0 Å². The lowest BCUT2D eigenvalue weighted by atomic mass is 10.3. The first-order chi connectivity index (χ1) is 5.83. The molecule has 3 nitrogen and oxygen atoms in total. The van der Waals surface area contributed by atoms with Crippen LogP contribution in [-0.4, -0.2) is 16.4 Å². The van der Waals surface area contributed by atoms with Crippen molar-refractivity contribution in [2.45, 2.75) is 25.7 Å². The predicted octanol–water partition coefficient (Wildman–Crippen LogP) is 1.70. The normalized spacial score (nSPS) is 16.5. The molecule has 1 aromatic rings. The van der Waals surface area contributed by atoms with Gasteiger partial charge < -0.3 is 4.74 Å². The Hall–Kier alpha value is -0.990. The molecule has 1 saturated carbocycles. The number of rotatable bonds is 3. The number of hydrogen-bond acceptors (Lipinski definition) is 2. The number of ether oxygens (including phenoxy) is 1. The van der Waals surface area contributed by atoms with E-state index in [1.165, 1.54) is 18.5 Å². The molecular formula is C9H14N2O. The van der Waals surface area contributed by atoms with E-state index in [9.17, 15) is 0 Å². The zero-order valence-electron chi connectivity index (χ0n) is 7.58. The first kappa shape index (κ1) is 7.65. The SMILES string of the molecule is CCOc1cnn(C)c1C1CC1. The highest BCUT2D eigenvalue weighted by atomic mass is 16.5. The van der Waals surface area contributed by atoms with E-state index in [0.717, 1.165) is 12.4 Å². The highest BCUT2D eigenvalue weighted by Gasteiger charge is 2.30. The van der Waals surface area contributed by atoms with Gasteiger partial charge in [0.15, 0.2) is 5.75 Å². The summed E-state index contributed by atoms with van der Waals surface area (Å²) in [5.74, 6) is 1.68. The molecule has 0 bridgehead atoms. The molecule has 0 radical (unpaired) electrons. The monoisotopic (exact) mass is 166 g/mol. The lowest BCUT2D eigenvalue weighted by molar-refractivity contribution is 0.335. The van der Waals surface area contributed by atoms with Crippen molar-refractivity contribution in [2.75, 3.05) is 6.61 Å². The highest BCUT2D eigenvalue weighted by molar-refractivity contribution is 5.31. The molecule has 0 atom stereocenters. The average Bonchev–Trinajstić information content (AvgIpc) is 2.80. The van der Waals surface area contributed by atoms with Crippen molar-refractivity contribution in [3.8, 4) is 5.75 Å². The van der Waals surface area contributed by atoms with E-state index in [0.29, 0.717) is 5.92 Å². The largest absolute Gasteiger partial charge is 0.490 e. The van der Waals surface area contributed by atoms with E-state index in [1.54, 1.807) is 0 Å². The maximum atomic E-state index is 5.48. The van der Waals surface area contributed by atoms with Crippen molar-refractivity contribution < 1.29 is 4.74 Å². The molecular weight excluding hydrogens is 152 g/mol. The van der Waals surface area contributed by atoms with Crippen molar-refractivity contribution in [1.82, 2.24) is 9.78 Å². The lowest BCUT2D eigenvalue weighted by Gasteiger charge is -2.03. The van der Waals surface area contributed by atoms with Crippen LogP contribution >= 0.6 is 0 Å². The van der Waals surface area contributed by atoms with Crippen molar-refractivity contribution in [3.05, 3.63) is 11.9 Å². The van der Waals surface area contributed by atoms with Crippen molar-refractivity contribution in [1.29, 1.82) is 0 Å². The van der Waals surface area contributed by atoms with E-state index >= 15 is 0 Å². The summed E-state index contributed by atoms with van der Waals surface area (Å²) in [6.45, 7) is 2.73. The van der Waals surface area contributed by atoms with Gasteiger partial charge in [0.05, 0.1) is 18.5 Å². The fourth-order valence-electron chi connectivity index (χ4n) is 1.52. The van der Waals surface area contributed by atoms with Crippen molar-refractivity contribution in [2.24, 2.45) is 7.05 Å². The van der Waals surface area contributed by atoms with Crippen LogP contribution in [-0.2, 0) is 7.05 Å². The molecule has 1 fully saturated rings. The molecule has 1 heterocycles. The minimum absolute atomic E-state index is 0.707. The Morgan fingerprint density at radius 2 is 2.42 bits per heavy atom. The fraction of sp³-hybridized carbons (Fsp3) is 0.667. The van der Waals surface area contributed by atoms with Gasteiger partial charge >= 0.3 is 0 Å². The van der Waals surface area contributed by atoms with E-state index in [2.05, 4.69) is 5.10 Å². The lowest BCUT2D eigenvalue weighted by Crippen LogP contribution is -1.99. The summed E-state index contributed by atoms with van der Waals surface area (Å²) in [6.07, 6.45) is 4.40. The summed E-state index contributed by atoms with van der Waals surface area (Å²) >= 11 is 0. The molecule has 3 heteroatoms. The van der Waals surface area contributed by atoms with Crippen LogP contribution < -0.4 is 4.74 Å². The Labute approximate surface area is 72.3 Å². The van der Waals surface area contributed by atoms with Gasteiger partial charge in [-0.15, -0.1) is 0 Å². The van der Waals surface area contributed by atoms with Crippen LogP contribution in [0.25, 0.3) is 0 Å². The number of aromatic nitrogens is 2. The molecule has 1 aliphatic rings. The van der Waals surface area contributed by atoms with Gasteiger partial charge in [-0.25, -0.2) is 0 Å². The summed E-state index contributed by atoms with van der Waals surface area (Å²) in [5, 5.41) is 4.19. The maximum absolute atomic E-state index is 5.48. The van der Waals surface area contributed by atoms with E-state index in [4.69, 9.17) is 4.74 Å². The minimum Gasteiger partial charge on any atom is -0.490 e. The zero-order chi connectivity index (χ0) is 8.55. The summed E-state index contributed by atoms with van der Waals surface area (Å²) in [7, 11) is 1.98. The van der Waals surface area contributed by atoms with Gasteiger partial charge in [-0.1, -0.05) is 0 Å². The third kappa shape index (κ3) is 1.19. The minimum atomic E-state index is 0.707. The van der Waals surface area contributed by atoms with Crippen LogP contribution in [0.5, 0.6) is 5.75 Å². The van der Waals surface area contributed by atoms with Gasteiger partial charge in [0.25, 0.3) is 0 Å². The van der Waals surface area contributed by atoms with Crippen LogP contribution in [0.4, 0.5) is 0 Å². The quantitative estimate of drug-likeness (QED) is 0.683. The Bertz CT molecular complexity index is 276. The molecule has 1 aromatic heterocycles. The average molecular weight is 166 g/mol. The topological polar surface area (TPSA) is 27.1 Å². The Morgan fingerprint density at radius 1 is 1.67 bits per heavy atom. The van der Waals surface area contributed by atoms with Gasteiger partial charge in [0.2, 0.25) is 0 Å². The Kier molecular flexibility index (Phi) is 1.79. The van der Waals surface area contributed by atoms with Gasteiger partial charge in [-0.2, -0.15) is 5.10 Å². The standard InChI is InChI=1S/C9H14N2O/c1-3-12-8-6-10-11(2)9(8)7-4-5-7/h6-7H,3-5H2,1-2H3. The highest BCUT2D eigenvalue weighted by Crippen LogP contribution is 2.43. The first-order valence-electron chi connectivity index (χ1n) is 4.47. The molecule has 1 aliphatic carbocycles. The van der Waals surface area contributed by atoms with Gasteiger partial charge in [0.1, 0.15) is 0 Å². The summed E-state index contributed by atoms with van der Waals surface area (Å²) in [6, 6.07) is 0. The van der Waals surface area contributed by atoms with Crippen LogP contribution in [0.2, 0.25) is 0 Å². The second kappa shape index (κ2) is 2.81. The van der Waals surface area contributed by atoms with Crippen LogP contribution in [0, 0.1) is 0 Å². The first-order valence-corrected chi connectivity index (χ1v) is 4.47. The third-order valence-corrected chi connectivity index (χ3v) is 2.21. The summed E-state index contributed by atoms with van der Waals surface area (Å²) in [5.41, 5.74) is 1.27. The summed E-state index contributed by atoms with van der Waals surface area (Å²) in [4.78, 5) is 0. The van der Waals surface area contributed by atoms with Crippen LogP contribution in [0.1, 0.15) is 31.4 Å².